The van der Waals surface area contributed by atoms with Crippen LogP contribution in [0.2, 0.25) is 0 Å². The van der Waals surface area contributed by atoms with Crippen molar-refractivity contribution in [1.82, 2.24) is 5.32 Å². The third kappa shape index (κ3) is 5.10. The molecule has 3 aromatic carbocycles. The van der Waals surface area contributed by atoms with E-state index >= 15 is 0 Å². The molecule has 0 saturated heterocycles. The van der Waals surface area contributed by atoms with Gasteiger partial charge in [0.25, 0.3) is 11.8 Å². The topological polar surface area (TPSA) is 97.2 Å². The molecule has 1 aliphatic heterocycles. The number of aryl methyl sites for hydroxylation is 1. The van der Waals surface area contributed by atoms with Gasteiger partial charge in [0.1, 0.15) is 11.4 Å². The van der Waals surface area contributed by atoms with E-state index in [-0.39, 0.29) is 22.7 Å². The van der Waals surface area contributed by atoms with Crippen LogP contribution in [0.3, 0.4) is 0 Å². The average Bonchev–Trinajstić information content (AvgIpc) is 2.83. The van der Waals surface area contributed by atoms with E-state index in [1.807, 2.05) is 31.2 Å². The molecule has 1 heterocycles. The number of ketones is 1. The largest absolute Gasteiger partial charge is 0.497 e. The Morgan fingerprint density at radius 1 is 0.939 bits per heavy atom. The molecule has 0 fully saturated rings. The molecule has 0 atom stereocenters. The summed E-state index contributed by atoms with van der Waals surface area (Å²) in [6, 6.07) is 19.2. The number of nitrogens with one attached hydrogen (secondary N) is 1. The molecule has 0 spiro atoms. The van der Waals surface area contributed by atoms with Crippen LogP contribution in [0.1, 0.15) is 31.8 Å². The van der Waals surface area contributed by atoms with Crippen LogP contribution in [0.4, 0.5) is 0 Å². The van der Waals surface area contributed by atoms with Gasteiger partial charge in [0, 0.05) is 23.7 Å². The quantitative estimate of drug-likeness (QED) is 0.471. The molecule has 164 valence electrons. The summed E-state index contributed by atoms with van der Waals surface area (Å²) in [5.74, 6) is -0.771. The number of methoxy groups -OCH3 is 1. The molecule has 0 saturated carbocycles. The second kappa shape index (κ2) is 9.40. The van der Waals surface area contributed by atoms with Crippen molar-refractivity contribution in [3.63, 3.8) is 0 Å². The van der Waals surface area contributed by atoms with Crippen LogP contribution in [0.25, 0.3) is 0 Å². The minimum atomic E-state index is -0.643. The van der Waals surface area contributed by atoms with Crippen LogP contribution in [0.5, 0.6) is 5.75 Å². The molecule has 2 amide bonds. The first kappa shape index (κ1) is 21.8. The van der Waals surface area contributed by atoms with Crippen molar-refractivity contribution < 1.29 is 19.1 Å². The molecule has 0 bridgehead atoms. The zero-order valence-corrected chi connectivity index (χ0v) is 18.2. The van der Waals surface area contributed by atoms with Crippen molar-refractivity contribution in [1.29, 1.82) is 0 Å². The van der Waals surface area contributed by atoms with Gasteiger partial charge in [0.05, 0.1) is 17.8 Å². The number of hydrogen-bond donors (Lipinski definition) is 1. The Bertz CT molecular complexity index is 1410. The number of fused-ring (bicyclic) bond motifs is 1. The average molecular weight is 439 g/mol. The lowest BCUT2D eigenvalue weighted by Crippen LogP contribution is -2.33. The molecule has 0 unspecified atom stereocenters. The van der Waals surface area contributed by atoms with E-state index in [1.54, 1.807) is 36.4 Å². The van der Waals surface area contributed by atoms with Crippen LogP contribution in [-0.2, 0) is 11.3 Å². The standard InChI is InChI=1S/C26H21N3O4/c1-16-6-8-17(9-7-16)15-27-25(31)19-10-11-21-22(13-19)29-26(32)23(28-21)14-24(30)18-4-3-5-20(12-18)33-2/h3-14H,15H2,1-2H3,(H,27,31)/b23-14-. The summed E-state index contributed by atoms with van der Waals surface area (Å²) in [6.07, 6.45) is 1.16. The minimum absolute atomic E-state index is 0.0631. The van der Waals surface area contributed by atoms with Crippen LogP contribution in [0, 0.1) is 6.92 Å². The maximum atomic E-state index is 12.6. The first-order valence-electron chi connectivity index (χ1n) is 10.3. The number of rotatable bonds is 6. The third-order valence-corrected chi connectivity index (χ3v) is 5.12. The summed E-state index contributed by atoms with van der Waals surface area (Å²) in [6.45, 7) is 2.39. The van der Waals surface area contributed by atoms with Crippen molar-refractivity contribution in [2.75, 3.05) is 7.11 Å². The molecule has 4 rings (SSSR count). The fourth-order valence-corrected chi connectivity index (χ4v) is 3.26. The van der Waals surface area contributed by atoms with Gasteiger partial charge in [-0.05, 0) is 42.8 Å². The van der Waals surface area contributed by atoms with Crippen molar-refractivity contribution in [2.45, 2.75) is 13.5 Å². The van der Waals surface area contributed by atoms with Gasteiger partial charge in [-0.2, -0.15) is 0 Å². The Balaban J connectivity index is 1.54. The van der Waals surface area contributed by atoms with Gasteiger partial charge in [-0.3, -0.25) is 14.4 Å². The number of allylic oxidation sites excluding steroid dienone is 1. The summed E-state index contributed by atoms with van der Waals surface area (Å²) in [5, 5.41) is 3.55. The number of benzene rings is 3. The highest BCUT2D eigenvalue weighted by atomic mass is 16.5. The van der Waals surface area contributed by atoms with Crippen molar-refractivity contribution in [3.05, 3.63) is 111 Å². The van der Waals surface area contributed by atoms with Crippen molar-refractivity contribution >= 4 is 17.6 Å². The fraction of sp³-hybridized carbons (Fsp3) is 0.115. The molecule has 33 heavy (non-hydrogen) atoms. The molecule has 0 radical (unpaired) electrons. The Labute approximate surface area is 190 Å². The molecule has 0 aliphatic carbocycles. The monoisotopic (exact) mass is 439 g/mol. The molecule has 0 aromatic heterocycles. The summed E-state index contributed by atoms with van der Waals surface area (Å²) in [4.78, 5) is 45.8. The first-order chi connectivity index (χ1) is 15.9. The number of amides is 2. The van der Waals surface area contributed by atoms with Gasteiger partial charge in [0.15, 0.2) is 5.78 Å². The Morgan fingerprint density at radius 2 is 1.73 bits per heavy atom. The second-order valence-electron chi connectivity index (χ2n) is 7.53. The number of hydrogen-bond acceptors (Lipinski definition) is 5. The van der Waals surface area contributed by atoms with E-state index in [4.69, 9.17) is 4.74 Å². The van der Waals surface area contributed by atoms with E-state index in [2.05, 4.69) is 15.3 Å². The van der Waals surface area contributed by atoms with E-state index in [0.717, 1.165) is 17.2 Å². The van der Waals surface area contributed by atoms with E-state index in [0.29, 0.717) is 28.8 Å². The number of carbonyl (C=O) groups excluding carboxylic acids is 3. The predicted octanol–water partition coefficient (Wildman–Crippen LogP) is 2.48. The van der Waals surface area contributed by atoms with E-state index in [1.165, 1.54) is 13.2 Å². The summed E-state index contributed by atoms with van der Waals surface area (Å²) in [5.41, 5.74) is 2.81. The van der Waals surface area contributed by atoms with Gasteiger partial charge in [-0.25, -0.2) is 9.98 Å². The van der Waals surface area contributed by atoms with Gasteiger partial charge < -0.3 is 10.1 Å². The lowest BCUT2D eigenvalue weighted by atomic mass is 10.1. The molecular weight excluding hydrogens is 418 g/mol. The lowest BCUT2D eigenvalue weighted by molar-refractivity contribution is -0.114. The maximum Gasteiger partial charge on any atom is 0.296 e. The first-order valence-corrected chi connectivity index (χ1v) is 10.3. The molecule has 7 heteroatoms. The van der Waals surface area contributed by atoms with Crippen LogP contribution < -0.4 is 20.8 Å². The smallest absolute Gasteiger partial charge is 0.296 e. The molecule has 7 nitrogen and oxygen atoms in total. The van der Waals surface area contributed by atoms with Gasteiger partial charge >= 0.3 is 0 Å². The van der Waals surface area contributed by atoms with Crippen LogP contribution >= 0.6 is 0 Å². The molecule has 3 aromatic rings. The van der Waals surface area contributed by atoms with Gasteiger partial charge in [0.2, 0.25) is 0 Å². The summed E-state index contributed by atoms with van der Waals surface area (Å²) >= 11 is 0. The van der Waals surface area contributed by atoms with Gasteiger partial charge in [-0.15, -0.1) is 0 Å². The number of nitrogens with zero attached hydrogens (tertiary/aromatic N) is 2. The zero-order chi connectivity index (χ0) is 23.4. The Morgan fingerprint density at radius 3 is 2.48 bits per heavy atom. The van der Waals surface area contributed by atoms with Crippen LogP contribution in [-0.4, -0.2) is 24.7 Å². The number of carbonyl (C=O) groups is 3. The molecule has 1 N–H and O–H groups in total. The normalized spacial score (nSPS) is 13.5. The van der Waals surface area contributed by atoms with Gasteiger partial charge in [-0.1, -0.05) is 42.0 Å². The fourth-order valence-electron chi connectivity index (χ4n) is 3.26. The number of ether oxygens (including phenoxy) is 1. The minimum Gasteiger partial charge on any atom is -0.497 e. The highest BCUT2D eigenvalue weighted by Crippen LogP contribution is 2.14. The van der Waals surface area contributed by atoms with Crippen molar-refractivity contribution in [3.8, 4) is 5.75 Å². The van der Waals surface area contributed by atoms with Crippen molar-refractivity contribution in [2.24, 2.45) is 9.98 Å². The molecule has 1 aliphatic rings. The highest BCUT2D eigenvalue weighted by molar-refractivity contribution is 6.10. The summed E-state index contributed by atoms with van der Waals surface area (Å²) < 4.78 is 5.13. The zero-order valence-electron chi connectivity index (χ0n) is 18.2. The van der Waals surface area contributed by atoms with E-state index in [9.17, 15) is 14.4 Å². The van der Waals surface area contributed by atoms with E-state index < -0.39 is 5.91 Å². The third-order valence-electron chi connectivity index (χ3n) is 5.12. The molecular formula is C26H21N3O4. The second-order valence-corrected chi connectivity index (χ2v) is 7.53. The lowest BCUT2D eigenvalue weighted by Gasteiger charge is -2.07. The Kier molecular flexibility index (Phi) is 6.22. The highest BCUT2D eigenvalue weighted by Gasteiger charge is 2.16. The maximum absolute atomic E-state index is 12.6. The summed E-state index contributed by atoms with van der Waals surface area (Å²) in [7, 11) is 1.51. The Hall–Kier alpha value is -4.39. The van der Waals surface area contributed by atoms with Crippen LogP contribution in [0.15, 0.2) is 88.5 Å². The predicted molar refractivity (Wildman–Crippen MR) is 122 cm³/mol. The SMILES string of the molecule is COc1cccc(C(=O)/C=C2\N=c3ccc(C(=O)NCc4ccc(C)cc4)cc3=NC2=O)c1.